The Morgan fingerprint density at radius 3 is 0.872 bits per heavy atom. The molecule has 4 aromatic carbocycles. The molecule has 0 aliphatic heterocycles. The summed E-state index contributed by atoms with van der Waals surface area (Å²) in [4.78, 5) is 9.76. The highest BCUT2D eigenvalue weighted by atomic mass is 14.7. The van der Waals surface area contributed by atoms with Gasteiger partial charge in [0.1, 0.15) is 0 Å². The van der Waals surface area contributed by atoms with Crippen LogP contribution in [0.2, 0.25) is 0 Å². The van der Waals surface area contributed by atoms with Gasteiger partial charge in [0.05, 0.1) is 22.1 Å². The van der Waals surface area contributed by atoms with Gasteiger partial charge in [0.15, 0.2) is 0 Å². The van der Waals surface area contributed by atoms with Crippen molar-refractivity contribution in [2.45, 2.75) is 70.6 Å². The number of unbranched alkanes of at least 4 members (excludes halogenated alkanes) is 8. The van der Waals surface area contributed by atoms with Gasteiger partial charge in [-0.15, -0.1) is 0 Å². The maximum atomic E-state index is 4.88. The van der Waals surface area contributed by atoms with Crippen LogP contribution in [-0.2, 0) is 12.8 Å². The van der Waals surface area contributed by atoms with Gasteiger partial charge in [-0.1, -0.05) is 118 Å². The van der Waals surface area contributed by atoms with Crippen LogP contribution in [0.1, 0.15) is 68.9 Å². The molecule has 0 fully saturated rings. The second-order valence-corrected chi connectivity index (χ2v) is 10.9. The van der Waals surface area contributed by atoms with E-state index in [1.807, 2.05) is 0 Å². The zero-order valence-corrected chi connectivity index (χ0v) is 22.9. The summed E-state index contributed by atoms with van der Waals surface area (Å²) in [6.45, 7) is 0. The Morgan fingerprint density at radius 2 is 0.564 bits per heavy atom. The SMILES string of the molecule is c1ccc2c(CCCCCCCCCCCc3c4ccccc4nc4ccccc34)c3ccccc3nc2c1. The Labute approximate surface area is 232 Å². The van der Waals surface area contributed by atoms with Crippen LogP contribution in [-0.4, -0.2) is 9.97 Å². The van der Waals surface area contributed by atoms with Crippen molar-refractivity contribution < 1.29 is 0 Å². The lowest BCUT2D eigenvalue weighted by Crippen LogP contribution is -1.94. The fraction of sp³-hybridized carbons (Fsp3) is 0.297. The summed E-state index contributed by atoms with van der Waals surface area (Å²) >= 11 is 0. The second kappa shape index (κ2) is 12.4. The first-order valence-electron chi connectivity index (χ1n) is 14.9. The monoisotopic (exact) mass is 510 g/mol. The fourth-order valence-corrected chi connectivity index (χ4v) is 6.23. The van der Waals surface area contributed by atoms with Gasteiger partial charge in [0, 0.05) is 21.5 Å². The van der Waals surface area contributed by atoms with E-state index < -0.39 is 0 Å². The van der Waals surface area contributed by atoms with Crippen LogP contribution in [0.25, 0.3) is 43.6 Å². The Hall–Kier alpha value is -3.78. The Bertz CT molecular complexity index is 1470. The van der Waals surface area contributed by atoms with E-state index in [0.717, 1.165) is 34.9 Å². The van der Waals surface area contributed by atoms with Crippen molar-refractivity contribution in [2.24, 2.45) is 0 Å². The summed E-state index contributed by atoms with van der Waals surface area (Å²) in [6, 6.07) is 34.5. The van der Waals surface area contributed by atoms with E-state index in [9.17, 15) is 0 Å². The van der Waals surface area contributed by atoms with Crippen LogP contribution < -0.4 is 0 Å². The zero-order valence-electron chi connectivity index (χ0n) is 22.9. The highest BCUT2D eigenvalue weighted by molar-refractivity contribution is 5.98. The molecule has 0 saturated heterocycles. The first-order valence-corrected chi connectivity index (χ1v) is 14.9. The number of hydrogen-bond donors (Lipinski definition) is 0. The van der Waals surface area contributed by atoms with Crippen LogP contribution in [0.15, 0.2) is 97.1 Å². The first kappa shape index (κ1) is 25.5. The van der Waals surface area contributed by atoms with E-state index >= 15 is 0 Å². The van der Waals surface area contributed by atoms with Crippen molar-refractivity contribution in [2.75, 3.05) is 0 Å². The molecule has 2 heterocycles. The van der Waals surface area contributed by atoms with Crippen molar-refractivity contribution in [3.05, 3.63) is 108 Å². The average molecular weight is 511 g/mol. The van der Waals surface area contributed by atoms with Crippen LogP contribution >= 0.6 is 0 Å². The lowest BCUT2D eigenvalue weighted by atomic mass is 9.96. The predicted molar refractivity (Wildman–Crippen MR) is 167 cm³/mol. The molecule has 0 aliphatic carbocycles. The third-order valence-electron chi connectivity index (χ3n) is 8.25. The van der Waals surface area contributed by atoms with E-state index in [1.54, 1.807) is 0 Å². The molecule has 0 aliphatic rings. The maximum absolute atomic E-state index is 4.88. The van der Waals surface area contributed by atoms with Crippen molar-refractivity contribution in [3.8, 4) is 0 Å². The fourth-order valence-electron chi connectivity index (χ4n) is 6.23. The normalized spacial score (nSPS) is 11.7. The molecule has 0 saturated carbocycles. The predicted octanol–water partition coefficient (Wildman–Crippen LogP) is 10.4. The van der Waals surface area contributed by atoms with Gasteiger partial charge in [-0.2, -0.15) is 0 Å². The lowest BCUT2D eigenvalue weighted by molar-refractivity contribution is 0.559. The molecule has 0 N–H and O–H groups in total. The smallest absolute Gasteiger partial charge is 0.0712 e. The second-order valence-electron chi connectivity index (χ2n) is 10.9. The Kier molecular flexibility index (Phi) is 8.10. The summed E-state index contributed by atoms with van der Waals surface area (Å²) < 4.78 is 0. The summed E-state index contributed by atoms with van der Waals surface area (Å²) in [6.07, 6.45) is 14.2. The van der Waals surface area contributed by atoms with Gasteiger partial charge in [-0.3, -0.25) is 0 Å². The van der Waals surface area contributed by atoms with E-state index in [2.05, 4.69) is 97.1 Å². The third kappa shape index (κ3) is 5.81. The standard InChI is InChI=1S/C37H38N2/c1(2-4-6-8-18-28-30-20-10-14-24-34(30)38-35-25-15-11-21-31(28)35)3-5-7-9-19-29-32-22-12-16-26-36(32)39-37-27-17-13-23-33(29)37/h10-17,20-27H,1-9,18-19H2. The van der Waals surface area contributed by atoms with E-state index in [-0.39, 0.29) is 0 Å². The average Bonchev–Trinajstić information content (AvgIpc) is 2.98. The molecular weight excluding hydrogens is 472 g/mol. The van der Waals surface area contributed by atoms with Crippen LogP contribution in [0.4, 0.5) is 0 Å². The van der Waals surface area contributed by atoms with Crippen LogP contribution in [0.3, 0.4) is 0 Å². The topological polar surface area (TPSA) is 25.8 Å². The molecule has 0 radical (unpaired) electrons. The van der Waals surface area contributed by atoms with Gasteiger partial charge in [0.2, 0.25) is 0 Å². The van der Waals surface area contributed by atoms with Gasteiger partial charge in [0.25, 0.3) is 0 Å². The Balaban J connectivity index is 0.929. The summed E-state index contributed by atoms with van der Waals surface area (Å²) in [5, 5.41) is 5.29. The van der Waals surface area contributed by atoms with Crippen LogP contribution in [0.5, 0.6) is 0 Å². The number of benzene rings is 4. The minimum Gasteiger partial charge on any atom is -0.248 e. The van der Waals surface area contributed by atoms with Gasteiger partial charge in [-0.25, -0.2) is 9.97 Å². The molecule has 0 spiro atoms. The number of rotatable bonds is 12. The number of hydrogen-bond acceptors (Lipinski definition) is 2. The highest BCUT2D eigenvalue weighted by Crippen LogP contribution is 2.29. The number of para-hydroxylation sites is 4. The van der Waals surface area contributed by atoms with E-state index in [4.69, 9.17) is 9.97 Å². The molecule has 196 valence electrons. The first-order chi connectivity index (χ1) is 19.4. The number of nitrogens with zero attached hydrogens (tertiary/aromatic N) is 2. The quantitative estimate of drug-likeness (QED) is 0.121. The minimum absolute atomic E-state index is 1.12. The number of aryl methyl sites for hydroxylation is 2. The molecule has 2 heteroatoms. The van der Waals surface area contributed by atoms with Crippen molar-refractivity contribution >= 4 is 43.6 Å². The van der Waals surface area contributed by atoms with Gasteiger partial charge >= 0.3 is 0 Å². The molecule has 0 bridgehead atoms. The molecule has 0 unspecified atom stereocenters. The van der Waals surface area contributed by atoms with Crippen LogP contribution in [0, 0.1) is 0 Å². The molecular formula is C37H38N2. The third-order valence-corrected chi connectivity index (χ3v) is 8.25. The van der Waals surface area contributed by atoms with E-state index in [0.29, 0.717) is 0 Å². The molecule has 6 rings (SSSR count). The number of aromatic nitrogens is 2. The van der Waals surface area contributed by atoms with Gasteiger partial charge in [-0.05, 0) is 61.1 Å². The molecule has 2 aromatic heterocycles. The summed E-state index contributed by atoms with van der Waals surface area (Å²) in [5.41, 5.74) is 7.44. The van der Waals surface area contributed by atoms with Crippen molar-refractivity contribution in [1.82, 2.24) is 9.97 Å². The summed E-state index contributed by atoms with van der Waals surface area (Å²) in [5.74, 6) is 0. The minimum atomic E-state index is 1.12. The molecule has 39 heavy (non-hydrogen) atoms. The largest absolute Gasteiger partial charge is 0.248 e. The molecule has 0 atom stereocenters. The van der Waals surface area contributed by atoms with E-state index in [1.165, 1.54) is 90.5 Å². The molecule has 0 amide bonds. The van der Waals surface area contributed by atoms with Crippen molar-refractivity contribution in [3.63, 3.8) is 0 Å². The number of fused-ring (bicyclic) bond motifs is 4. The highest BCUT2D eigenvalue weighted by Gasteiger charge is 2.09. The van der Waals surface area contributed by atoms with Gasteiger partial charge < -0.3 is 0 Å². The Morgan fingerprint density at radius 1 is 0.308 bits per heavy atom. The lowest BCUT2D eigenvalue weighted by Gasteiger charge is -2.11. The van der Waals surface area contributed by atoms with Crippen molar-refractivity contribution in [1.29, 1.82) is 0 Å². The molecule has 6 aromatic rings. The molecule has 2 nitrogen and oxygen atoms in total. The number of pyridine rings is 2. The zero-order chi connectivity index (χ0) is 26.3. The summed E-state index contributed by atoms with van der Waals surface area (Å²) in [7, 11) is 0. The maximum Gasteiger partial charge on any atom is 0.0712 e.